The molecule has 4 N–H and O–H groups in total. The lowest BCUT2D eigenvalue weighted by atomic mass is 10.0. The highest BCUT2D eigenvalue weighted by Gasteiger charge is 2.21. The number of hydrogen-bond donors (Lipinski definition) is 3. The number of aromatic amines is 1. The number of nitrogens with one attached hydrogen (secondary N) is 2. The van der Waals surface area contributed by atoms with Crippen LogP contribution in [0.25, 0.3) is 11.1 Å². The maximum atomic E-state index is 12.7. The number of amides is 1. The standard InChI is InChI=1S/C17H20N6O/c1-2-13(10-23-9-8-19-11-23)20-17(24)15-14(16(18)22-21-15)12-6-4-3-5-7-12/h3-9,11,13H,2,10H2,1H3,(H,20,24)(H3,18,21,22)/t13-/m0/s1. The molecule has 1 aromatic carbocycles. The average molecular weight is 324 g/mol. The molecule has 1 atom stereocenters. The minimum Gasteiger partial charge on any atom is -0.382 e. The number of imidazole rings is 1. The van der Waals surface area contributed by atoms with Gasteiger partial charge in [-0.25, -0.2) is 4.98 Å². The Bertz CT molecular complexity index is 794. The van der Waals surface area contributed by atoms with Crippen LogP contribution in [0.5, 0.6) is 0 Å². The molecule has 0 fully saturated rings. The van der Waals surface area contributed by atoms with Gasteiger partial charge >= 0.3 is 0 Å². The van der Waals surface area contributed by atoms with Crippen molar-refractivity contribution in [3.05, 3.63) is 54.7 Å². The van der Waals surface area contributed by atoms with E-state index in [4.69, 9.17) is 5.73 Å². The third-order valence-electron chi connectivity index (χ3n) is 3.90. The summed E-state index contributed by atoms with van der Waals surface area (Å²) in [5, 5.41) is 9.78. The molecule has 7 nitrogen and oxygen atoms in total. The second-order valence-corrected chi connectivity index (χ2v) is 5.56. The van der Waals surface area contributed by atoms with Gasteiger partial charge in [0.15, 0.2) is 5.82 Å². The van der Waals surface area contributed by atoms with Crippen molar-refractivity contribution in [2.75, 3.05) is 5.73 Å². The maximum Gasteiger partial charge on any atom is 0.270 e. The molecule has 2 heterocycles. The van der Waals surface area contributed by atoms with Crippen LogP contribution in [0, 0.1) is 0 Å². The third kappa shape index (κ3) is 3.29. The van der Waals surface area contributed by atoms with Crippen LogP contribution >= 0.6 is 0 Å². The first-order valence-electron chi connectivity index (χ1n) is 7.85. The molecule has 0 unspecified atom stereocenters. The van der Waals surface area contributed by atoms with Gasteiger partial charge in [0, 0.05) is 25.0 Å². The molecular formula is C17H20N6O. The zero-order valence-corrected chi connectivity index (χ0v) is 13.4. The Labute approximate surface area is 139 Å². The van der Waals surface area contributed by atoms with Gasteiger partial charge in [0.2, 0.25) is 0 Å². The first-order chi connectivity index (χ1) is 11.7. The number of aromatic nitrogens is 4. The highest BCUT2D eigenvalue weighted by molar-refractivity contribution is 6.01. The quantitative estimate of drug-likeness (QED) is 0.646. The van der Waals surface area contributed by atoms with Crippen molar-refractivity contribution in [1.82, 2.24) is 25.1 Å². The Morgan fingerprint density at radius 1 is 1.38 bits per heavy atom. The van der Waals surface area contributed by atoms with Gasteiger partial charge in [-0.05, 0) is 12.0 Å². The van der Waals surface area contributed by atoms with Crippen molar-refractivity contribution in [1.29, 1.82) is 0 Å². The Morgan fingerprint density at radius 2 is 2.17 bits per heavy atom. The third-order valence-corrected chi connectivity index (χ3v) is 3.90. The lowest BCUT2D eigenvalue weighted by molar-refractivity contribution is 0.0927. The van der Waals surface area contributed by atoms with Gasteiger partial charge in [-0.1, -0.05) is 37.3 Å². The van der Waals surface area contributed by atoms with Crippen LogP contribution in [-0.2, 0) is 6.54 Å². The first-order valence-corrected chi connectivity index (χ1v) is 7.85. The smallest absolute Gasteiger partial charge is 0.270 e. The summed E-state index contributed by atoms with van der Waals surface area (Å²) in [6, 6.07) is 9.51. The number of carbonyl (C=O) groups excluding carboxylic acids is 1. The zero-order valence-electron chi connectivity index (χ0n) is 13.4. The highest BCUT2D eigenvalue weighted by atomic mass is 16.2. The van der Waals surface area contributed by atoms with Crippen LogP contribution in [0.2, 0.25) is 0 Å². The number of carbonyl (C=O) groups is 1. The molecule has 0 radical (unpaired) electrons. The van der Waals surface area contributed by atoms with Gasteiger partial charge in [-0.15, -0.1) is 0 Å². The number of H-pyrrole nitrogens is 1. The largest absolute Gasteiger partial charge is 0.382 e. The lowest BCUT2D eigenvalue weighted by Gasteiger charge is -2.17. The molecular weight excluding hydrogens is 304 g/mol. The van der Waals surface area contributed by atoms with Crippen molar-refractivity contribution in [2.45, 2.75) is 25.9 Å². The number of nitrogen functional groups attached to an aromatic ring is 1. The van der Waals surface area contributed by atoms with Crippen molar-refractivity contribution in [2.24, 2.45) is 0 Å². The number of anilines is 1. The molecule has 0 aliphatic heterocycles. The van der Waals surface area contributed by atoms with Crippen LogP contribution in [0.1, 0.15) is 23.8 Å². The van der Waals surface area contributed by atoms with Gasteiger partial charge in [0.25, 0.3) is 5.91 Å². The monoisotopic (exact) mass is 324 g/mol. The van der Waals surface area contributed by atoms with Crippen molar-refractivity contribution in [3.63, 3.8) is 0 Å². The minimum atomic E-state index is -0.218. The average Bonchev–Trinajstić information content (AvgIpc) is 3.24. The van der Waals surface area contributed by atoms with Crippen LogP contribution < -0.4 is 11.1 Å². The van der Waals surface area contributed by atoms with Gasteiger partial charge in [0.1, 0.15) is 5.69 Å². The van der Waals surface area contributed by atoms with Crippen LogP contribution in [0.15, 0.2) is 49.1 Å². The molecule has 0 saturated carbocycles. The summed E-state index contributed by atoms with van der Waals surface area (Å²) in [7, 11) is 0. The van der Waals surface area contributed by atoms with Crippen LogP contribution in [-0.4, -0.2) is 31.7 Å². The Morgan fingerprint density at radius 3 is 2.83 bits per heavy atom. The van der Waals surface area contributed by atoms with Gasteiger partial charge in [-0.2, -0.15) is 5.10 Å². The predicted octanol–water partition coefficient (Wildman–Crippen LogP) is 2.06. The molecule has 0 saturated heterocycles. The number of nitrogens with two attached hydrogens (primary N) is 1. The van der Waals surface area contributed by atoms with E-state index in [2.05, 4.69) is 20.5 Å². The summed E-state index contributed by atoms with van der Waals surface area (Å²) < 4.78 is 1.94. The van der Waals surface area contributed by atoms with Crippen molar-refractivity contribution in [3.8, 4) is 11.1 Å². The Kier molecular flexibility index (Phi) is 4.60. The minimum absolute atomic E-state index is 0.0140. The zero-order chi connectivity index (χ0) is 16.9. The second-order valence-electron chi connectivity index (χ2n) is 5.56. The molecule has 24 heavy (non-hydrogen) atoms. The molecule has 0 aliphatic rings. The van der Waals surface area contributed by atoms with E-state index in [0.717, 1.165) is 12.0 Å². The number of hydrogen-bond acceptors (Lipinski definition) is 4. The molecule has 0 spiro atoms. The fraction of sp³-hybridized carbons (Fsp3) is 0.235. The molecule has 3 rings (SSSR count). The van der Waals surface area contributed by atoms with E-state index in [1.54, 1.807) is 12.5 Å². The van der Waals surface area contributed by atoms with Crippen LogP contribution in [0.4, 0.5) is 5.82 Å². The predicted molar refractivity (Wildman–Crippen MR) is 92.2 cm³/mol. The van der Waals surface area contributed by atoms with E-state index in [-0.39, 0.29) is 11.9 Å². The van der Waals surface area contributed by atoms with Crippen molar-refractivity contribution >= 4 is 11.7 Å². The summed E-state index contributed by atoms with van der Waals surface area (Å²) in [4.78, 5) is 16.7. The summed E-state index contributed by atoms with van der Waals surface area (Å²) >= 11 is 0. The van der Waals surface area contributed by atoms with Gasteiger partial charge in [0.05, 0.1) is 11.9 Å². The van der Waals surface area contributed by atoms with Gasteiger partial charge < -0.3 is 15.6 Å². The summed E-state index contributed by atoms with van der Waals surface area (Å²) in [5.74, 6) is 0.0963. The van der Waals surface area contributed by atoms with E-state index < -0.39 is 0 Å². The topological polar surface area (TPSA) is 102 Å². The van der Waals surface area contributed by atoms with E-state index >= 15 is 0 Å². The SMILES string of the molecule is CC[C@@H](Cn1ccnc1)NC(=O)c1[nH]nc(N)c1-c1ccccc1. The highest BCUT2D eigenvalue weighted by Crippen LogP contribution is 2.27. The maximum absolute atomic E-state index is 12.7. The Balaban J connectivity index is 1.80. The van der Waals surface area contributed by atoms with E-state index in [0.29, 0.717) is 23.6 Å². The molecule has 1 amide bonds. The molecule has 7 heteroatoms. The van der Waals surface area contributed by atoms with Crippen molar-refractivity contribution < 1.29 is 4.79 Å². The van der Waals surface area contributed by atoms with E-state index in [9.17, 15) is 4.79 Å². The second kappa shape index (κ2) is 6.99. The first kappa shape index (κ1) is 15.8. The number of rotatable bonds is 6. The molecule has 2 aromatic heterocycles. The fourth-order valence-corrected chi connectivity index (χ4v) is 2.60. The summed E-state index contributed by atoms with van der Waals surface area (Å²) in [6.45, 7) is 2.69. The normalized spacial score (nSPS) is 12.0. The van der Waals surface area contributed by atoms with Gasteiger partial charge in [-0.3, -0.25) is 9.89 Å². The number of benzene rings is 1. The summed E-state index contributed by atoms with van der Waals surface area (Å²) in [5.41, 5.74) is 7.82. The fourth-order valence-electron chi connectivity index (χ4n) is 2.60. The molecule has 0 bridgehead atoms. The van der Waals surface area contributed by atoms with Crippen LogP contribution in [0.3, 0.4) is 0 Å². The molecule has 3 aromatic rings. The Hall–Kier alpha value is -3.09. The molecule has 124 valence electrons. The summed E-state index contributed by atoms with van der Waals surface area (Å²) in [6.07, 6.45) is 6.13. The van der Waals surface area contributed by atoms with E-state index in [1.165, 1.54) is 0 Å². The lowest BCUT2D eigenvalue weighted by Crippen LogP contribution is -2.37. The number of nitrogens with zero attached hydrogens (tertiary/aromatic N) is 3. The molecule has 0 aliphatic carbocycles. The van der Waals surface area contributed by atoms with E-state index in [1.807, 2.05) is 48.0 Å².